The van der Waals surface area contributed by atoms with Crippen LogP contribution in [0.5, 0.6) is 0 Å². The summed E-state index contributed by atoms with van der Waals surface area (Å²) < 4.78 is 17.6. The SMILES string of the molecule is Cc1nc2ccc(Br)cc2n1C(c1ccccc1)c1ncccc1F. The number of imidazole rings is 1. The second-order valence-electron chi connectivity index (χ2n) is 5.85. The largest absolute Gasteiger partial charge is 0.315 e. The minimum Gasteiger partial charge on any atom is -0.315 e. The van der Waals surface area contributed by atoms with Gasteiger partial charge in [-0.25, -0.2) is 9.37 Å². The number of fused-ring (bicyclic) bond motifs is 1. The summed E-state index contributed by atoms with van der Waals surface area (Å²) in [5.41, 5.74) is 3.15. The predicted octanol–water partition coefficient (Wildman–Crippen LogP) is 5.28. The Morgan fingerprint density at radius 3 is 2.60 bits per heavy atom. The van der Waals surface area contributed by atoms with Gasteiger partial charge in [0.05, 0.1) is 11.0 Å². The molecule has 2 aromatic carbocycles. The standard InChI is InChI=1S/C20H15BrFN3/c1-13-24-17-10-9-15(21)12-18(17)25(13)20(14-6-3-2-4-7-14)19-16(22)8-5-11-23-19/h2-12,20H,1H3. The number of rotatable bonds is 3. The molecule has 0 saturated carbocycles. The Kier molecular flexibility index (Phi) is 4.09. The number of halogens is 2. The summed E-state index contributed by atoms with van der Waals surface area (Å²) in [4.78, 5) is 8.99. The van der Waals surface area contributed by atoms with Crippen molar-refractivity contribution < 1.29 is 4.39 Å². The number of pyridine rings is 1. The zero-order valence-corrected chi connectivity index (χ0v) is 15.1. The molecule has 0 bridgehead atoms. The van der Waals surface area contributed by atoms with Crippen LogP contribution in [0, 0.1) is 12.7 Å². The summed E-state index contributed by atoms with van der Waals surface area (Å²) in [7, 11) is 0. The molecule has 0 N–H and O–H groups in total. The molecule has 2 heterocycles. The third-order valence-electron chi connectivity index (χ3n) is 4.25. The van der Waals surface area contributed by atoms with Gasteiger partial charge in [0.1, 0.15) is 23.4 Å². The molecule has 0 aliphatic carbocycles. The molecule has 0 aliphatic heterocycles. The highest BCUT2D eigenvalue weighted by Crippen LogP contribution is 2.32. The van der Waals surface area contributed by atoms with E-state index < -0.39 is 0 Å². The fourth-order valence-corrected chi connectivity index (χ4v) is 3.53. The first-order chi connectivity index (χ1) is 12.1. The quantitative estimate of drug-likeness (QED) is 0.472. The van der Waals surface area contributed by atoms with Crippen LogP contribution in [-0.4, -0.2) is 14.5 Å². The second kappa shape index (κ2) is 6.41. The minimum absolute atomic E-state index is 0.326. The minimum atomic E-state index is -0.387. The van der Waals surface area contributed by atoms with E-state index in [-0.39, 0.29) is 11.9 Å². The van der Waals surface area contributed by atoms with Gasteiger partial charge in [0.15, 0.2) is 0 Å². The van der Waals surface area contributed by atoms with Gasteiger partial charge in [0.25, 0.3) is 0 Å². The molecule has 2 aromatic heterocycles. The van der Waals surface area contributed by atoms with E-state index in [1.807, 2.05) is 60.0 Å². The number of hydrogen-bond acceptors (Lipinski definition) is 2. The van der Waals surface area contributed by atoms with Gasteiger partial charge in [0, 0.05) is 10.7 Å². The van der Waals surface area contributed by atoms with Crippen LogP contribution >= 0.6 is 15.9 Å². The molecule has 0 radical (unpaired) electrons. The van der Waals surface area contributed by atoms with Gasteiger partial charge in [-0.1, -0.05) is 46.3 Å². The van der Waals surface area contributed by atoms with Crippen molar-refractivity contribution in [3.63, 3.8) is 0 Å². The van der Waals surface area contributed by atoms with Crippen molar-refractivity contribution in [3.8, 4) is 0 Å². The van der Waals surface area contributed by atoms with Crippen molar-refractivity contribution in [2.45, 2.75) is 13.0 Å². The Hall–Kier alpha value is -2.53. The van der Waals surface area contributed by atoms with Gasteiger partial charge in [-0.05, 0) is 42.8 Å². The van der Waals surface area contributed by atoms with Gasteiger partial charge in [0.2, 0.25) is 0 Å². The average Bonchev–Trinajstić information content (AvgIpc) is 2.93. The van der Waals surface area contributed by atoms with Crippen LogP contribution in [0.25, 0.3) is 11.0 Å². The molecule has 25 heavy (non-hydrogen) atoms. The summed E-state index contributed by atoms with van der Waals surface area (Å²) in [5, 5.41) is 0. The molecule has 4 rings (SSSR count). The summed E-state index contributed by atoms with van der Waals surface area (Å²) >= 11 is 3.52. The van der Waals surface area contributed by atoms with Crippen molar-refractivity contribution in [1.82, 2.24) is 14.5 Å². The molecule has 0 saturated heterocycles. The average molecular weight is 396 g/mol. The predicted molar refractivity (Wildman–Crippen MR) is 100 cm³/mol. The molecule has 124 valence electrons. The van der Waals surface area contributed by atoms with E-state index in [0.717, 1.165) is 26.9 Å². The molecule has 3 nitrogen and oxygen atoms in total. The molecule has 4 aromatic rings. The van der Waals surface area contributed by atoms with E-state index in [1.54, 1.807) is 12.3 Å². The highest BCUT2D eigenvalue weighted by Gasteiger charge is 2.24. The lowest BCUT2D eigenvalue weighted by molar-refractivity contribution is 0.556. The monoisotopic (exact) mass is 395 g/mol. The van der Waals surface area contributed by atoms with Crippen LogP contribution in [0.1, 0.15) is 23.1 Å². The van der Waals surface area contributed by atoms with Crippen molar-refractivity contribution in [1.29, 1.82) is 0 Å². The molecule has 5 heteroatoms. The maximum Gasteiger partial charge on any atom is 0.147 e. The Bertz CT molecular complexity index is 1040. The Balaban J connectivity index is 2.04. The molecule has 0 amide bonds. The molecular weight excluding hydrogens is 381 g/mol. The van der Waals surface area contributed by atoms with Gasteiger partial charge < -0.3 is 4.57 Å². The Morgan fingerprint density at radius 1 is 1.04 bits per heavy atom. The highest BCUT2D eigenvalue weighted by atomic mass is 79.9. The number of hydrogen-bond donors (Lipinski definition) is 0. The lowest BCUT2D eigenvalue weighted by Gasteiger charge is -2.22. The smallest absolute Gasteiger partial charge is 0.147 e. The van der Waals surface area contributed by atoms with Crippen LogP contribution in [0.4, 0.5) is 4.39 Å². The van der Waals surface area contributed by atoms with Gasteiger partial charge in [-0.3, -0.25) is 4.98 Å². The Labute approximate surface area is 153 Å². The van der Waals surface area contributed by atoms with E-state index in [0.29, 0.717) is 5.69 Å². The lowest BCUT2D eigenvalue weighted by Crippen LogP contribution is -2.16. The molecular formula is C20H15BrFN3. The normalized spacial score (nSPS) is 12.4. The molecule has 0 aliphatic rings. The van der Waals surface area contributed by atoms with E-state index in [2.05, 4.69) is 25.9 Å². The topological polar surface area (TPSA) is 30.7 Å². The molecule has 0 spiro atoms. The molecule has 1 unspecified atom stereocenters. The van der Waals surface area contributed by atoms with E-state index >= 15 is 0 Å². The zero-order chi connectivity index (χ0) is 17.4. The van der Waals surface area contributed by atoms with E-state index in [4.69, 9.17) is 0 Å². The second-order valence-corrected chi connectivity index (χ2v) is 6.76. The highest BCUT2D eigenvalue weighted by molar-refractivity contribution is 9.10. The first-order valence-electron chi connectivity index (χ1n) is 7.94. The van der Waals surface area contributed by atoms with E-state index in [9.17, 15) is 4.39 Å². The fourth-order valence-electron chi connectivity index (χ4n) is 3.18. The number of nitrogens with zero attached hydrogens (tertiary/aromatic N) is 3. The van der Waals surface area contributed by atoms with Crippen molar-refractivity contribution in [2.24, 2.45) is 0 Å². The van der Waals surface area contributed by atoms with E-state index in [1.165, 1.54) is 6.07 Å². The van der Waals surface area contributed by atoms with Crippen LogP contribution in [0.2, 0.25) is 0 Å². The van der Waals surface area contributed by atoms with Gasteiger partial charge >= 0.3 is 0 Å². The zero-order valence-electron chi connectivity index (χ0n) is 13.5. The Morgan fingerprint density at radius 2 is 1.84 bits per heavy atom. The first-order valence-corrected chi connectivity index (χ1v) is 8.74. The van der Waals surface area contributed by atoms with Gasteiger partial charge in [-0.2, -0.15) is 0 Å². The van der Waals surface area contributed by atoms with Crippen LogP contribution < -0.4 is 0 Å². The number of aryl methyl sites for hydroxylation is 1. The first kappa shape index (κ1) is 16.0. The number of benzene rings is 2. The van der Waals surface area contributed by atoms with Crippen molar-refractivity contribution >= 4 is 27.0 Å². The number of aromatic nitrogens is 3. The lowest BCUT2D eigenvalue weighted by atomic mass is 10.0. The molecule has 0 fully saturated rings. The van der Waals surface area contributed by atoms with Gasteiger partial charge in [-0.15, -0.1) is 0 Å². The fraction of sp³-hybridized carbons (Fsp3) is 0.100. The third-order valence-corrected chi connectivity index (χ3v) is 4.74. The summed E-state index contributed by atoms with van der Waals surface area (Å²) in [5.74, 6) is 0.486. The van der Waals surface area contributed by atoms with Crippen molar-refractivity contribution in [2.75, 3.05) is 0 Å². The van der Waals surface area contributed by atoms with Crippen LogP contribution in [0.15, 0.2) is 71.3 Å². The summed E-state index contributed by atoms with van der Waals surface area (Å²) in [6.45, 7) is 1.94. The summed E-state index contributed by atoms with van der Waals surface area (Å²) in [6, 6.07) is 18.4. The van der Waals surface area contributed by atoms with Crippen LogP contribution in [-0.2, 0) is 0 Å². The molecule has 1 atom stereocenters. The maximum atomic E-state index is 14.6. The maximum absolute atomic E-state index is 14.6. The van der Waals surface area contributed by atoms with Crippen molar-refractivity contribution in [3.05, 3.63) is 94.2 Å². The third kappa shape index (κ3) is 2.85. The van der Waals surface area contributed by atoms with Crippen LogP contribution in [0.3, 0.4) is 0 Å². The summed E-state index contributed by atoms with van der Waals surface area (Å²) in [6.07, 6.45) is 1.62.